The molecule has 9 N–H and O–H groups in total. The lowest BCUT2D eigenvalue weighted by Gasteiger charge is -2.12. The lowest BCUT2D eigenvalue weighted by Crippen LogP contribution is -2.40. The van der Waals surface area contributed by atoms with Crippen LogP contribution in [-0.2, 0) is 31.8 Å². The summed E-state index contributed by atoms with van der Waals surface area (Å²) >= 11 is 0. The Morgan fingerprint density at radius 1 is 1.13 bits per heavy atom. The Labute approximate surface area is 269 Å². The zero-order valence-corrected chi connectivity index (χ0v) is 27.2. The van der Waals surface area contributed by atoms with Crippen molar-refractivity contribution < 1.29 is 41.6 Å². The molecule has 0 saturated carbocycles. The number of alkyl halides is 3. The number of carbonyl (C=O) groups is 3. The second-order valence-corrected chi connectivity index (χ2v) is 9.45. The summed E-state index contributed by atoms with van der Waals surface area (Å²) in [5, 5.41) is 14.0. The molecule has 0 spiro atoms. The second kappa shape index (κ2) is 25.7. The van der Waals surface area contributed by atoms with E-state index in [9.17, 15) is 37.0 Å². The SMILES string of the molecule is CC.CCNC(=O)C(N)CCC=O.CN(CCN)CCN.Cc1ccc(C(F)(F)F)cc1.O=CNc1cc2c(cc1F)B(O)OC2. The number of anilines is 1. The van der Waals surface area contributed by atoms with E-state index in [0.717, 1.165) is 50.2 Å². The molecule has 2 aromatic rings. The van der Waals surface area contributed by atoms with Gasteiger partial charge in [0.25, 0.3) is 0 Å². The van der Waals surface area contributed by atoms with Crippen molar-refractivity contribution >= 4 is 36.9 Å². The van der Waals surface area contributed by atoms with Crippen molar-refractivity contribution in [2.75, 3.05) is 45.1 Å². The number of hydrogen-bond acceptors (Lipinski definition) is 9. The summed E-state index contributed by atoms with van der Waals surface area (Å²) < 4.78 is 53.9. The van der Waals surface area contributed by atoms with Crippen molar-refractivity contribution in [3.05, 3.63) is 58.9 Å². The fourth-order valence-electron chi connectivity index (χ4n) is 3.40. The molecule has 0 aromatic heterocycles. The van der Waals surface area contributed by atoms with Crippen LogP contribution >= 0.6 is 0 Å². The Bertz CT molecular complexity index is 1120. The number of aryl methyl sites for hydroxylation is 1. The van der Waals surface area contributed by atoms with Crippen molar-refractivity contribution in [3.63, 3.8) is 0 Å². The Hall–Kier alpha value is -3.41. The van der Waals surface area contributed by atoms with E-state index in [1.165, 1.54) is 24.3 Å². The fraction of sp³-hybridized carbons (Fsp3) is 0.500. The van der Waals surface area contributed by atoms with E-state index in [2.05, 4.69) is 15.5 Å². The number of fused-ring (bicyclic) bond motifs is 1. The van der Waals surface area contributed by atoms with Crippen molar-refractivity contribution in [1.29, 1.82) is 0 Å². The molecule has 2 aromatic carbocycles. The highest BCUT2D eigenvalue weighted by molar-refractivity contribution is 6.61. The Morgan fingerprint density at radius 3 is 2.15 bits per heavy atom. The molecule has 260 valence electrons. The normalized spacial score (nSPS) is 11.9. The maximum absolute atomic E-state index is 13.2. The molecule has 0 bridgehead atoms. The van der Waals surface area contributed by atoms with Gasteiger partial charge >= 0.3 is 13.3 Å². The van der Waals surface area contributed by atoms with Gasteiger partial charge in [-0.05, 0) is 62.6 Å². The van der Waals surface area contributed by atoms with Gasteiger partial charge in [-0.2, -0.15) is 13.2 Å². The molecule has 16 heteroatoms. The maximum Gasteiger partial charge on any atom is 0.491 e. The number of rotatable bonds is 11. The summed E-state index contributed by atoms with van der Waals surface area (Å²) in [6, 6.07) is 7.13. The number of carbonyl (C=O) groups excluding carboxylic acids is 3. The van der Waals surface area contributed by atoms with Gasteiger partial charge in [0.15, 0.2) is 0 Å². The third-order valence-corrected chi connectivity index (χ3v) is 5.79. The highest BCUT2D eigenvalue weighted by Gasteiger charge is 2.30. The molecule has 0 saturated heterocycles. The Morgan fingerprint density at radius 2 is 1.70 bits per heavy atom. The first kappa shape index (κ1) is 44.7. The highest BCUT2D eigenvalue weighted by Crippen LogP contribution is 2.28. The molecule has 1 aliphatic heterocycles. The van der Waals surface area contributed by atoms with Crippen LogP contribution in [0.1, 0.15) is 50.3 Å². The number of nitrogens with two attached hydrogens (primary N) is 3. The van der Waals surface area contributed by atoms with Crippen LogP contribution < -0.4 is 33.3 Å². The third-order valence-electron chi connectivity index (χ3n) is 5.79. The van der Waals surface area contributed by atoms with E-state index in [4.69, 9.17) is 21.9 Å². The van der Waals surface area contributed by atoms with Gasteiger partial charge in [-0.15, -0.1) is 0 Å². The first-order valence-corrected chi connectivity index (χ1v) is 14.8. The second-order valence-electron chi connectivity index (χ2n) is 9.45. The van der Waals surface area contributed by atoms with Crippen LogP contribution in [0.2, 0.25) is 0 Å². The standard InChI is InChI=1S/C8H7BFNO3.C8H7F3.C7H14N2O2.C5H15N3.C2H6/c10-7-2-6-5(3-14-9(6)13)1-8(7)11-4-12;1-6-2-4-7(5-3-6)8(9,10)11;1-2-9-7(11)6(8)4-3-5-10;1-8(4-2-6)5-3-7;1-2/h1-2,4,13H,3H2,(H,11,12);2-5H,1H3;5-6H,2-4,8H2,1H3,(H,9,11);2-7H2,1H3;1-2H3. The zero-order chi connectivity index (χ0) is 35.7. The molecule has 1 aliphatic rings. The number of nitrogens with one attached hydrogen (secondary N) is 2. The van der Waals surface area contributed by atoms with Crippen LogP contribution in [0.3, 0.4) is 0 Å². The van der Waals surface area contributed by atoms with Crippen molar-refractivity contribution in [1.82, 2.24) is 10.2 Å². The highest BCUT2D eigenvalue weighted by atomic mass is 19.4. The number of hydrogen-bond donors (Lipinski definition) is 6. The fourth-order valence-corrected chi connectivity index (χ4v) is 3.40. The molecule has 1 heterocycles. The van der Waals surface area contributed by atoms with Crippen LogP contribution in [0.4, 0.5) is 23.2 Å². The number of aldehydes is 1. The summed E-state index contributed by atoms with van der Waals surface area (Å²) in [6.45, 7) is 11.7. The smallest absolute Gasteiger partial charge is 0.423 e. The predicted molar refractivity (Wildman–Crippen MR) is 174 cm³/mol. The van der Waals surface area contributed by atoms with Crippen LogP contribution in [0.25, 0.3) is 0 Å². The van der Waals surface area contributed by atoms with E-state index in [1.807, 2.05) is 27.8 Å². The van der Waals surface area contributed by atoms with Gasteiger partial charge in [-0.1, -0.05) is 31.5 Å². The predicted octanol–water partition coefficient (Wildman–Crippen LogP) is 1.92. The molecule has 0 fully saturated rings. The van der Waals surface area contributed by atoms with E-state index >= 15 is 0 Å². The quantitative estimate of drug-likeness (QED) is 0.119. The van der Waals surface area contributed by atoms with Crippen molar-refractivity contribution in [3.8, 4) is 0 Å². The first-order chi connectivity index (χ1) is 21.7. The summed E-state index contributed by atoms with van der Waals surface area (Å²) in [4.78, 5) is 33.0. The summed E-state index contributed by atoms with van der Waals surface area (Å²) in [6.07, 6.45) is -2.28. The van der Waals surface area contributed by atoms with E-state index in [-0.39, 0.29) is 18.2 Å². The number of nitrogens with zero attached hydrogens (tertiary/aromatic N) is 1. The molecule has 11 nitrogen and oxygen atoms in total. The van der Waals surface area contributed by atoms with E-state index in [0.29, 0.717) is 36.8 Å². The van der Waals surface area contributed by atoms with Crippen molar-refractivity contribution in [2.45, 2.75) is 59.4 Å². The number of likely N-dealkylation sites (N-methyl/N-ethyl adjacent to an activating group) is 2. The Balaban J connectivity index is 0. The summed E-state index contributed by atoms with van der Waals surface area (Å²) in [5.41, 5.74) is 17.4. The summed E-state index contributed by atoms with van der Waals surface area (Å²) in [5.74, 6) is -0.769. The van der Waals surface area contributed by atoms with Gasteiger partial charge in [0, 0.05) is 39.1 Å². The molecule has 46 heavy (non-hydrogen) atoms. The Kier molecular flexibility index (Phi) is 25.0. The van der Waals surface area contributed by atoms with Crippen LogP contribution in [0, 0.1) is 12.7 Å². The monoisotopic (exact) mass is 660 g/mol. The van der Waals surface area contributed by atoms with E-state index in [1.54, 1.807) is 6.92 Å². The number of halogens is 4. The van der Waals surface area contributed by atoms with Crippen LogP contribution in [0.15, 0.2) is 36.4 Å². The lowest BCUT2D eigenvalue weighted by molar-refractivity contribution is -0.137. The molecule has 0 aliphatic carbocycles. The topological polar surface area (TPSA) is 186 Å². The van der Waals surface area contributed by atoms with Gasteiger partial charge in [0.2, 0.25) is 12.3 Å². The molecule has 0 radical (unpaired) electrons. The number of benzene rings is 2. The minimum Gasteiger partial charge on any atom is -0.423 e. The number of amides is 2. The van der Waals surface area contributed by atoms with Crippen molar-refractivity contribution in [2.24, 2.45) is 17.2 Å². The average molecular weight is 661 g/mol. The molecular weight excluding hydrogens is 611 g/mol. The van der Waals surface area contributed by atoms with Crippen LogP contribution in [-0.4, -0.2) is 81.5 Å². The third kappa shape index (κ3) is 19.2. The van der Waals surface area contributed by atoms with Gasteiger partial charge in [0.1, 0.15) is 12.1 Å². The largest absolute Gasteiger partial charge is 0.491 e. The molecule has 1 unspecified atom stereocenters. The van der Waals surface area contributed by atoms with Gasteiger partial charge < -0.3 is 47.2 Å². The van der Waals surface area contributed by atoms with Crippen LogP contribution in [0.5, 0.6) is 0 Å². The lowest BCUT2D eigenvalue weighted by atomic mass is 9.79. The van der Waals surface area contributed by atoms with E-state index < -0.39 is 30.7 Å². The minimum atomic E-state index is -4.21. The average Bonchev–Trinajstić information content (AvgIpc) is 3.37. The zero-order valence-electron chi connectivity index (χ0n) is 27.2. The molecule has 3 rings (SSSR count). The van der Waals surface area contributed by atoms with Gasteiger partial charge in [-0.25, -0.2) is 4.39 Å². The van der Waals surface area contributed by atoms with Gasteiger partial charge in [0.05, 0.1) is 23.9 Å². The molecule has 2 amide bonds. The summed E-state index contributed by atoms with van der Waals surface area (Å²) in [7, 11) is 0.949. The van der Waals surface area contributed by atoms with Gasteiger partial charge in [-0.3, -0.25) is 9.59 Å². The molecule has 1 atom stereocenters. The first-order valence-electron chi connectivity index (χ1n) is 14.8. The minimum absolute atomic E-state index is 0.0939. The molecular formula is C30H49BF4N6O5. The maximum atomic E-state index is 13.2.